The number of para-hydroxylation sites is 1. The molecule has 4 aromatic rings. The Kier molecular flexibility index (Phi) is 6.15. The highest BCUT2D eigenvalue weighted by atomic mass is 32.1. The second-order valence-electron chi connectivity index (χ2n) is 8.52. The van der Waals surface area contributed by atoms with Crippen LogP contribution in [0.1, 0.15) is 51.0 Å². The van der Waals surface area contributed by atoms with E-state index in [2.05, 4.69) is 15.3 Å². The Bertz CT molecular complexity index is 1340. The molecule has 1 fully saturated rings. The van der Waals surface area contributed by atoms with Crippen molar-refractivity contribution in [2.24, 2.45) is 0 Å². The van der Waals surface area contributed by atoms with Crippen molar-refractivity contribution in [3.05, 3.63) is 70.7 Å². The average molecular weight is 475 g/mol. The van der Waals surface area contributed by atoms with Gasteiger partial charge in [0.2, 0.25) is 0 Å². The molecule has 3 heterocycles. The van der Waals surface area contributed by atoms with Crippen LogP contribution >= 0.6 is 11.3 Å². The smallest absolute Gasteiger partial charge is 0.274 e. The SMILES string of the molecule is Cc1nc2c(C(=O)NCC3CCCCN3C(=O)c3nc(C)sc3-c3ccccc3)cccc2o1. The number of thiazole rings is 1. The number of nitrogens with zero attached hydrogens (tertiary/aromatic N) is 3. The lowest BCUT2D eigenvalue weighted by molar-refractivity contribution is 0.0598. The van der Waals surface area contributed by atoms with Crippen molar-refractivity contribution in [2.45, 2.75) is 39.2 Å². The van der Waals surface area contributed by atoms with Crippen LogP contribution in [0.15, 0.2) is 52.9 Å². The Balaban J connectivity index is 1.35. The van der Waals surface area contributed by atoms with Crippen LogP contribution in [0.5, 0.6) is 0 Å². The summed E-state index contributed by atoms with van der Waals surface area (Å²) in [4.78, 5) is 38.4. The Morgan fingerprint density at radius 1 is 1.09 bits per heavy atom. The standard InChI is InChI=1S/C26H26N4O3S/c1-16-28-22-20(12-8-13-21(22)33-16)25(31)27-15-19-11-6-7-14-30(19)26(32)23-24(34-17(2)29-23)18-9-4-3-5-10-18/h3-5,8-10,12-13,19H,6-7,11,14-15H2,1-2H3,(H,27,31). The van der Waals surface area contributed by atoms with Crippen LogP contribution in [-0.4, -0.2) is 45.8 Å². The molecule has 1 saturated heterocycles. The minimum Gasteiger partial charge on any atom is -0.441 e. The predicted molar refractivity (Wildman–Crippen MR) is 132 cm³/mol. The molecule has 1 atom stereocenters. The van der Waals surface area contributed by atoms with Crippen molar-refractivity contribution >= 4 is 34.3 Å². The van der Waals surface area contributed by atoms with E-state index >= 15 is 0 Å². The molecular formula is C26H26N4O3S. The predicted octanol–water partition coefficient (Wildman–Crippen LogP) is 4.99. The largest absolute Gasteiger partial charge is 0.441 e. The minimum absolute atomic E-state index is 0.0728. The van der Waals surface area contributed by atoms with Crippen molar-refractivity contribution < 1.29 is 14.0 Å². The molecular weight excluding hydrogens is 448 g/mol. The quantitative estimate of drug-likeness (QED) is 0.440. The first kappa shape index (κ1) is 22.3. The zero-order valence-corrected chi connectivity index (χ0v) is 20.0. The van der Waals surface area contributed by atoms with Gasteiger partial charge >= 0.3 is 0 Å². The lowest BCUT2D eigenvalue weighted by Crippen LogP contribution is -2.49. The average Bonchev–Trinajstić information content (AvgIpc) is 3.44. The first-order valence-corrected chi connectivity index (χ1v) is 12.3. The Morgan fingerprint density at radius 3 is 2.74 bits per heavy atom. The number of benzene rings is 2. The van der Waals surface area contributed by atoms with Crippen LogP contribution in [0.25, 0.3) is 21.5 Å². The second-order valence-corrected chi connectivity index (χ2v) is 9.72. The van der Waals surface area contributed by atoms with Gasteiger partial charge in [0.05, 0.1) is 15.4 Å². The Hall–Kier alpha value is -3.52. The molecule has 1 N–H and O–H groups in total. The number of carbonyl (C=O) groups is 2. The fraction of sp³-hybridized carbons (Fsp3) is 0.308. The molecule has 174 valence electrons. The molecule has 0 radical (unpaired) electrons. The van der Waals surface area contributed by atoms with Crippen molar-refractivity contribution in [3.63, 3.8) is 0 Å². The molecule has 0 saturated carbocycles. The summed E-state index contributed by atoms with van der Waals surface area (Å²) in [5, 5.41) is 3.89. The summed E-state index contributed by atoms with van der Waals surface area (Å²) in [5.41, 5.74) is 3.11. The van der Waals surface area contributed by atoms with Gasteiger partial charge in [-0.1, -0.05) is 36.4 Å². The lowest BCUT2D eigenvalue weighted by Gasteiger charge is -2.35. The molecule has 8 heteroatoms. The molecule has 1 aliphatic heterocycles. The van der Waals surface area contributed by atoms with Crippen LogP contribution in [0.2, 0.25) is 0 Å². The number of amides is 2. The number of nitrogens with one attached hydrogen (secondary N) is 1. The maximum atomic E-state index is 13.6. The van der Waals surface area contributed by atoms with Crippen molar-refractivity contribution in [1.29, 1.82) is 0 Å². The summed E-state index contributed by atoms with van der Waals surface area (Å²) < 4.78 is 5.55. The van der Waals surface area contributed by atoms with Crippen LogP contribution in [0.3, 0.4) is 0 Å². The maximum absolute atomic E-state index is 13.6. The number of aryl methyl sites for hydroxylation is 2. The first-order chi connectivity index (χ1) is 16.5. The third kappa shape index (κ3) is 4.33. The van der Waals surface area contributed by atoms with Gasteiger partial charge in [-0.15, -0.1) is 11.3 Å². The number of hydrogen-bond acceptors (Lipinski definition) is 6. The van der Waals surface area contributed by atoms with Crippen molar-refractivity contribution in [3.8, 4) is 10.4 Å². The van der Waals surface area contributed by atoms with Gasteiger partial charge in [0, 0.05) is 26.1 Å². The van der Waals surface area contributed by atoms with Gasteiger partial charge in [-0.05, 0) is 43.9 Å². The number of likely N-dealkylation sites (tertiary alicyclic amines) is 1. The monoisotopic (exact) mass is 474 g/mol. The molecule has 2 amide bonds. The van der Waals surface area contributed by atoms with Gasteiger partial charge < -0.3 is 14.6 Å². The fourth-order valence-electron chi connectivity index (χ4n) is 4.52. The molecule has 1 unspecified atom stereocenters. The van der Waals surface area contributed by atoms with Gasteiger partial charge in [0.1, 0.15) is 11.2 Å². The fourth-order valence-corrected chi connectivity index (χ4v) is 5.44. The third-order valence-corrected chi connectivity index (χ3v) is 7.15. The summed E-state index contributed by atoms with van der Waals surface area (Å²) in [6, 6.07) is 15.1. The number of rotatable bonds is 5. The maximum Gasteiger partial charge on any atom is 0.274 e. The van der Waals surface area contributed by atoms with Crippen LogP contribution in [0, 0.1) is 13.8 Å². The molecule has 0 bridgehead atoms. The molecule has 0 spiro atoms. The van der Waals surface area contributed by atoms with Gasteiger partial charge in [-0.2, -0.15) is 0 Å². The molecule has 1 aliphatic rings. The van der Waals surface area contributed by atoms with Gasteiger partial charge in [-0.3, -0.25) is 9.59 Å². The van der Waals surface area contributed by atoms with Crippen molar-refractivity contribution in [2.75, 3.05) is 13.1 Å². The number of aromatic nitrogens is 2. The highest BCUT2D eigenvalue weighted by Crippen LogP contribution is 2.32. The summed E-state index contributed by atoms with van der Waals surface area (Å²) >= 11 is 1.54. The Morgan fingerprint density at radius 2 is 1.91 bits per heavy atom. The highest BCUT2D eigenvalue weighted by molar-refractivity contribution is 7.15. The summed E-state index contributed by atoms with van der Waals surface area (Å²) in [6.45, 7) is 4.72. The topological polar surface area (TPSA) is 88.3 Å². The van der Waals surface area contributed by atoms with E-state index in [1.807, 2.05) is 42.2 Å². The van der Waals surface area contributed by atoms with Crippen LogP contribution < -0.4 is 5.32 Å². The highest BCUT2D eigenvalue weighted by Gasteiger charge is 2.31. The van der Waals surface area contributed by atoms with E-state index in [1.54, 1.807) is 25.1 Å². The van der Waals surface area contributed by atoms with Crippen LogP contribution in [0.4, 0.5) is 0 Å². The van der Waals surface area contributed by atoms with Gasteiger partial charge in [-0.25, -0.2) is 9.97 Å². The zero-order valence-electron chi connectivity index (χ0n) is 19.2. The number of carbonyl (C=O) groups excluding carboxylic acids is 2. The molecule has 7 nitrogen and oxygen atoms in total. The van der Waals surface area contributed by atoms with Gasteiger partial charge in [0.15, 0.2) is 11.5 Å². The molecule has 2 aromatic carbocycles. The first-order valence-electron chi connectivity index (χ1n) is 11.5. The van der Waals surface area contributed by atoms with E-state index in [1.165, 1.54) is 11.3 Å². The molecule has 34 heavy (non-hydrogen) atoms. The minimum atomic E-state index is -0.216. The van der Waals surface area contributed by atoms with E-state index in [-0.39, 0.29) is 17.9 Å². The molecule has 0 aliphatic carbocycles. The number of oxazole rings is 1. The normalized spacial score (nSPS) is 16.1. The third-order valence-electron chi connectivity index (χ3n) is 6.13. The van der Waals surface area contributed by atoms with Gasteiger partial charge in [0.25, 0.3) is 11.8 Å². The van der Waals surface area contributed by atoms with E-state index in [4.69, 9.17) is 4.42 Å². The van der Waals surface area contributed by atoms with E-state index in [9.17, 15) is 9.59 Å². The van der Waals surface area contributed by atoms with E-state index < -0.39 is 0 Å². The van der Waals surface area contributed by atoms with E-state index in [0.29, 0.717) is 41.3 Å². The lowest BCUT2D eigenvalue weighted by atomic mass is 10.0. The second kappa shape index (κ2) is 9.38. The zero-order chi connectivity index (χ0) is 23.7. The summed E-state index contributed by atoms with van der Waals surface area (Å²) in [6.07, 6.45) is 2.80. The van der Waals surface area contributed by atoms with Crippen molar-refractivity contribution in [1.82, 2.24) is 20.2 Å². The Labute approximate surface area is 201 Å². The summed E-state index contributed by atoms with van der Waals surface area (Å²) in [5.74, 6) is 0.231. The number of piperidine rings is 1. The number of fused-ring (bicyclic) bond motifs is 1. The number of hydrogen-bond donors (Lipinski definition) is 1. The van der Waals surface area contributed by atoms with Crippen LogP contribution in [-0.2, 0) is 0 Å². The van der Waals surface area contributed by atoms with E-state index in [0.717, 1.165) is 34.7 Å². The molecule has 2 aromatic heterocycles. The molecule has 5 rings (SSSR count). The summed E-state index contributed by atoms with van der Waals surface area (Å²) in [7, 11) is 0.